The van der Waals surface area contributed by atoms with E-state index in [4.69, 9.17) is 11.6 Å². The molecule has 0 bridgehead atoms. The van der Waals surface area contributed by atoms with Gasteiger partial charge in [0, 0.05) is 17.1 Å². The summed E-state index contributed by atoms with van der Waals surface area (Å²) in [7, 11) is 4.16. The molecule has 0 saturated heterocycles. The average molecular weight is 345 g/mol. The molecule has 2 aromatic rings. The van der Waals surface area contributed by atoms with Crippen LogP contribution in [-0.2, 0) is 0 Å². The molecular formula is C14H19BrClN3. The van der Waals surface area contributed by atoms with Crippen LogP contribution in [0.2, 0.25) is 0 Å². The lowest BCUT2D eigenvalue weighted by molar-refractivity contribution is 0.336. The molecule has 1 aromatic heterocycles. The number of fused-ring (bicyclic) bond motifs is 1. The van der Waals surface area contributed by atoms with Crippen molar-refractivity contribution in [3.63, 3.8) is 0 Å². The molecule has 19 heavy (non-hydrogen) atoms. The van der Waals surface area contributed by atoms with Crippen LogP contribution in [0.4, 0.5) is 0 Å². The van der Waals surface area contributed by atoms with Gasteiger partial charge in [0.25, 0.3) is 0 Å². The molecular weight excluding hydrogens is 326 g/mol. The fraction of sp³-hybridized carbons (Fsp3) is 0.500. The summed E-state index contributed by atoms with van der Waals surface area (Å²) >= 11 is 9.78. The molecule has 104 valence electrons. The third-order valence-electron chi connectivity index (χ3n) is 3.10. The van der Waals surface area contributed by atoms with Crippen LogP contribution in [0, 0.1) is 0 Å². The lowest BCUT2D eigenvalue weighted by Crippen LogP contribution is -2.23. The minimum Gasteiger partial charge on any atom is -0.323 e. The highest BCUT2D eigenvalue weighted by Crippen LogP contribution is 2.29. The van der Waals surface area contributed by atoms with Crippen LogP contribution in [0.5, 0.6) is 0 Å². The van der Waals surface area contributed by atoms with Crippen LogP contribution in [0.3, 0.4) is 0 Å². The fourth-order valence-corrected chi connectivity index (χ4v) is 2.95. The third-order valence-corrected chi connectivity index (χ3v) is 3.79. The first-order valence-corrected chi connectivity index (χ1v) is 7.59. The molecule has 0 aliphatic rings. The Hall–Kier alpha value is -0.580. The van der Waals surface area contributed by atoms with Gasteiger partial charge < -0.3 is 9.47 Å². The second-order valence-electron chi connectivity index (χ2n) is 5.20. The Morgan fingerprint density at radius 3 is 2.63 bits per heavy atom. The van der Waals surface area contributed by atoms with Crippen molar-refractivity contribution < 1.29 is 0 Å². The summed E-state index contributed by atoms with van der Waals surface area (Å²) in [5, 5.41) is -0.101. The Labute approximate surface area is 127 Å². The maximum absolute atomic E-state index is 6.29. The number of hydrogen-bond donors (Lipinski definition) is 0. The van der Waals surface area contributed by atoms with E-state index in [9.17, 15) is 0 Å². The quantitative estimate of drug-likeness (QED) is 0.774. The van der Waals surface area contributed by atoms with Crippen molar-refractivity contribution >= 4 is 38.6 Å². The Bertz CT molecular complexity index is 577. The number of benzene rings is 1. The van der Waals surface area contributed by atoms with Crippen LogP contribution in [0.25, 0.3) is 11.0 Å². The lowest BCUT2D eigenvalue weighted by Gasteiger charge is -2.22. The number of aromatic nitrogens is 2. The molecule has 0 fully saturated rings. The highest BCUT2D eigenvalue weighted by atomic mass is 79.9. The van der Waals surface area contributed by atoms with E-state index in [0.29, 0.717) is 6.04 Å². The Balaban J connectivity index is 2.58. The van der Waals surface area contributed by atoms with Crippen molar-refractivity contribution in [2.75, 3.05) is 20.6 Å². The van der Waals surface area contributed by atoms with Gasteiger partial charge in [-0.2, -0.15) is 0 Å². The van der Waals surface area contributed by atoms with Gasteiger partial charge in [0.2, 0.25) is 0 Å². The number of likely N-dealkylation sites (N-methyl/N-ethyl adjacent to an activating group) is 1. The van der Waals surface area contributed by atoms with Crippen molar-refractivity contribution in [2.24, 2.45) is 0 Å². The Morgan fingerprint density at radius 1 is 1.37 bits per heavy atom. The zero-order chi connectivity index (χ0) is 14.2. The second-order valence-corrected chi connectivity index (χ2v) is 6.77. The molecule has 0 amide bonds. The summed E-state index contributed by atoms with van der Waals surface area (Å²) in [5.41, 5.74) is 2.13. The zero-order valence-electron chi connectivity index (χ0n) is 11.7. The highest BCUT2D eigenvalue weighted by molar-refractivity contribution is 9.10. The Kier molecular flexibility index (Phi) is 4.54. The number of hydrogen-bond acceptors (Lipinski definition) is 2. The van der Waals surface area contributed by atoms with E-state index < -0.39 is 0 Å². The molecule has 0 radical (unpaired) electrons. The molecule has 2 unspecified atom stereocenters. The molecule has 3 nitrogen and oxygen atoms in total. The van der Waals surface area contributed by atoms with Crippen molar-refractivity contribution in [3.05, 3.63) is 28.5 Å². The van der Waals surface area contributed by atoms with Gasteiger partial charge in [-0.1, -0.05) is 15.9 Å². The normalized spacial score (nSPS) is 15.1. The monoisotopic (exact) mass is 343 g/mol. The van der Waals surface area contributed by atoms with E-state index in [0.717, 1.165) is 27.9 Å². The van der Waals surface area contributed by atoms with Gasteiger partial charge >= 0.3 is 0 Å². The molecule has 1 heterocycles. The summed E-state index contributed by atoms with van der Waals surface area (Å²) in [4.78, 5) is 6.86. The lowest BCUT2D eigenvalue weighted by atomic mass is 10.2. The van der Waals surface area contributed by atoms with Gasteiger partial charge in [-0.05, 0) is 46.1 Å². The minimum absolute atomic E-state index is 0.101. The number of halogens is 2. The van der Waals surface area contributed by atoms with E-state index >= 15 is 0 Å². The smallest absolute Gasteiger partial charge is 0.128 e. The average Bonchev–Trinajstić information content (AvgIpc) is 2.66. The van der Waals surface area contributed by atoms with Crippen LogP contribution in [0.1, 0.15) is 31.1 Å². The summed E-state index contributed by atoms with van der Waals surface area (Å²) in [6.07, 6.45) is 0. The molecule has 0 N–H and O–H groups in total. The van der Waals surface area contributed by atoms with E-state index in [1.165, 1.54) is 0 Å². The molecule has 5 heteroatoms. The van der Waals surface area contributed by atoms with Crippen LogP contribution in [0.15, 0.2) is 22.7 Å². The van der Waals surface area contributed by atoms with Crippen molar-refractivity contribution in [1.29, 1.82) is 0 Å². The Morgan fingerprint density at radius 2 is 2.05 bits per heavy atom. The van der Waals surface area contributed by atoms with Crippen molar-refractivity contribution in [2.45, 2.75) is 25.3 Å². The van der Waals surface area contributed by atoms with Gasteiger partial charge in [0.1, 0.15) is 5.82 Å². The van der Waals surface area contributed by atoms with Crippen molar-refractivity contribution in [1.82, 2.24) is 14.5 Å². The van der Waals surface area contributed by atoms with Gasteiger partial charge in [0.05, 0.1) is 16.4 Å². The number of alkyl halides is 1. The predicted molar refractivity (Wildman–Crippen MR) is 85.0 cm³/mol. The molecule has 1 aromatic carbocycles. The molecule has 0 spiro atoms. The molecule has 0 aliphatic heterocycles. The fourth-order valence-electron chi connectivity index (χ4n) is 2.44. The summed E-state index contributed by atoms with van der Waals surface area (Å²) in [6, 6.07) is 6.52. The number of nitrogens with zero attached hydrogens (tertiary/aromatic N) is 3. The molecule has 2 atom stereocenters. The largest absolute Gasteiger partial charge is 0.323 e. The molecule has 0 aliphatic carbocycles. The van der Waals surface area contributed by atoms with Gasteiger partial charge in [-0.15, -0.1) is 11.6 Å². The summed E-state index contributed by atoms with van der Waals surface area (Å²) in [6.45, 7) is 5.13. The molecule has 0 saturated carbocycles. The maximum atomic E-state index is 6.29. The predicted octanol–water partition coefficient (Wildman–Crippen LogP) is 4.22. The summed E-state index contributed by atoms with van der Waals surface area (Å²) in [5.74, 6) is 0.934. The first kappa shape index (κ1) is 14.8. The van der Waals surface area contributed by atoms with E-state index in [-0.39, 0.29) is 5.38 Å². The van der Waals surface area contributed by atoms with Gasteiger partial charge in [-0.25, -0.2) is 4.98 Å². The first-order valence-electron chi connectivity index (χ1n) is 6.36. The highest BCUT2D eigenvalue weighted by Gasteiger charge is 2.19. The van der Waals surface area contributed by atoms with Gasteiger partial charge in [0.15, 0.2) is 0 Å². The van der Waals surface area contributed by atoms with Crippen LogP contribution >= 0.6 is 27.5 Å². The zero-order valence-corrected chi connectivity index (χ0v) is 14.0. The number of imidazole rings is 1. The van der Waals surface area contributed by atoms with Gasteiger partial charge in [-0.3, -0.25) is 0 Å². The van der Waals surface area contributed by atoms with Crippen molar-refractivity contribution in [3.8, 4) is 0 Å². The second kappa shape index (κ2) is 5.81. The summed E-state index contributed by atoms with van der Waals surface area (Å²) < 4.78 is 3.29. The maximum Gasteiger partial charge on any atom is 0.128 e. The third kappa shape index (κ3) is 3.12. The van der Waals surface area contributed by atoms with E-state index in [2.05, 4.69) is 57.5 Å². The van der Waals surface area contributed by atoms with Crippen LogP contribution < -0.4 is 0 Å². The standard InChI is InChI=1S/C14H19BrClN3/c1-9(8-18(3)4)19-13-6-5-11(15)7-12(13)17-14(19)10(2)16/h5-7,9-10H,8H2,1-4H3. The first-order chi connectivity index (χ1) is 8.90. The van der Waals surface area contributed by atoms with E-state index in [1.807, 2.05) is 19.1 Å². The van der Waals surface area contributed by atoms with Crippen LogP contribution in [-0.4, -0.2) is 35.1 Å². The number of rotatable bonds is 4. The van der Waals surface area contributed by atoms with E-state index in [1.54, 1.807) is 0 Å². The topological polar surface area (TPSA) is 21.1 Å². The SMILES string of the molecule is CC(Cl)c1nc2cc(Br)ccc2n1C(C)CN(C)C. The minimum atomic E-state index is -0.101. The molecule has 2 rings (SSSR count).